The van der Waals surface area contributed by atoms with Crippen molar-refractivity contribution in [1.82, 2.24) is 15.3 Å². The number of carbonyl (C=O) groups excluding carboxylic acids is 1. The Balaban J connectivity index is 1.69. The fraction of sp³-hybridized carbons (Fsp3) is 0.643. The minimum atomic E-state index is -0.522. The standard InChI is InChI=1S/C14H20N4OS/c15-12(19)14(18-10-4-5-10)6-1-3-11(9-14)20-13-16-7-2-8-17-13/h2,7-8,10-11,18H,1,3-6,9H2,(H2,15,19). The first-order chi connectivity index (χ1) is 9.68. The van der Waals surface area contributed by atoms with E-state index in [0.717, 1.165) is 43.7 Å². The largest absolute Gasteiger partial charge is 0.368 e. The van der Waals surface area contributed by atoms with Gasteiger partial charge in [-0.15, -0.1) is 0 Å². The summed E-state index contributed by atoms with van der Waals surface area (Å²) in [5, 5.41) is 4.63. The molecule has 2 aliphatic rings. The summed E-state index contributed by atoms with van der Waals surface area (Å²) in [6, 6.07) is 2.30. The third-order valence-electron chi connectivity index (χ3n) is 4.05. The zero-order chi connectivity index (χ0) is 14.0. The van der Waals surface area contributed by atoms with E-state index in [0.29, 0.717) is 11.3 Å². The summed E-state index contributed by atoms with van der Waals surface area (Å²) in [6.07, 6.45) is 9.57. The zero-order valence-electron chi connectivity index (χ0n) is 11.4. The molecule has 1 amide bonds. The fourth-order valence-corrected chi connectivity index (χ4v) is 4.06. The Bertz CT molecular complexity index is 479. The van der Waals surface area contributed by atoms with E-state index in [2.05, 4.69) is 15.3 Å². The lowest BCUT2D eigenvalue weighted by Crippen LogP contribution is -2.59. The SMILES string of the molecule is NC(=O)C1(NC2CC2)CCCC(Sc2ncccn2)C1. The van der Waals surface area contributed by atoms with Gasteiger partial charge in [-0.05, 0) is 44.6 Å². The molecule has 0 bridgehead atoms. The number of rotatable bonds is 5. The number of amides is 1. The number of thioether (sulfide) groups is 1. The van der Waals surface area contributed by atoms with Gasteiger partial charge in [-0.25, -0.2) is 9.97 Å². The minimum absolute atomic E-state index is 0.205. The van der Waals surface area contributed by atoms with Crippen molar-refractivity contribution in [3.05, 3.63) is 18.5 Å². The van der Waals surface area contributed by atoms with Crippen LogP contribution >= 0.6 is 11.8 Å². The van der Waals surface area contributed by atoms with Crippen molar-refractivity contribution in [1.29, 1.82) is 0 Å². The second-order valence-electron chi connectivity index (χ2n) is 5.73. The van der Waals surface area contributed by atoms with E-state index in [-0.39, 0.29) is 5.91 Å². The molecule has 1 aromatic heterocycles. The third kappa shape index (κ3) is 3.12. The van der Waals surface area contributed by atoms with Gasteiger partial charge in [0.2, 0.25) is 5.91 Å². The van der Waals surface area contributed by atoms with Crippen molar-refractivity contribution in [3.63, 3.8) is 0 Å². The summed E-state index contributed by atoms with van der Waals surface area (Å²) < 4.78 is 0. The predicted molar refractivity (Wildman–Crippen MR) is 78.2 cm³/mol. The first-order valence-corrected chi connectivity index (χ1v) is 8.07. The first kappa shape index (κ1) is 13.8. The average Bonchev–Trinajstić information content (AvgIpc) is 3.24. The smallest absolute Gasteiger partial charge is 0.237 e. The molecule has 2 saturated carbocycles. The lowest BCUT2D eigenvalue weighted by molar-refractivity contribution is -0.125. The van der Waals surface area contributed by atoms with Gasteiger partial charge < -0.3 is 11.1 Å². The van der Waals surface area contributed by atoms with Crippen LogP contribution in [-0.4, -0.2) is 32.7 Å². The summed E-state index contributed by atoms with van der Waals surface area (Å²) in [4.78, 5) is 20.5. The molecule has 6 heteroatoms. The molecule has 1 aromatic rings. The first-order valence-electron chi connectivity index (χ1n) is 7.19. The normalized spacial score (nSPS) is 30.1. The molecule has 0 spiro atoms. The number of nitrogens with zero attached hydrogens (tertiary/aromatic N) is 2. The number of carbonyl (C=O) groups is 1. The highest BCUT2D eigenvalue weighted by atomic mass is 32.2. The second-order valence-corrected chi connectivity index (χ2v) is 7.00. The van der Waals surface area contributed by atoms with E-state index >= 15 is 0 Å². The van der Waals surface area contributed by atoms with Crippen LogP contribution in [-0.2, 0) is 4.79 Å². The molecule has 3 rings (SSSR count). The predicted octanol–water partition coefficient (Wildman–Crippen LogP) is 1.49. The van der Waals surface area contributed by atoms with Crippen LogP contribution in [0.4, 0.5) is 0 Å². The molecule has 0 saturated heterocycles. The molecule has 108 valence electrons. The van der Waals surface area contributed by atoms with E-state index in [1.807, 2.05) is 6.07 Å². The Morgan fingerprint density at radius 2 is 2.10 bits per heavy atom. The molecule has 5 nitrogen and oxygen atoms in total. The minimum Gasteiger partial charge on any atom is -0.368 e. The number of hydrogen-bond acceptors (Lipinski definition) is 5. The maximum atomic E-state index is 12.0. The van der Waals surface area contributed by atoms with Gasteiger partial charge in [-0.1, -0.05) is 11.8 Å². The summed E-state index contributed by atoms with van der Waals surface area (Å²) in [5.41, 5.74) is 5.17. The van der Waals surface area contributed by atoms with E-state index in [4.69, 9.17) is 5.73 Å². The van der Waals surface area contributed by atoms with Gasteiger partial charge in [0.1, 0.15) is 0 Å². The average molecular weight is 292 g/mol. The summed E-state index contributed by atoms with van der Waals surface area (Å²) in [6.45, 7) is 0. The number of hydrogen-bond donors (Lipinski definition) is 2. The van der Waals surface area contributed by atoms with Crippen LogP contribution in [0.3, 0.4) is 0 Å². The Morgan fingerprint density at radius 1 is 1.35 bits per heavy atom. The molecule has 2 unspecified atom stereocenters. The number of aromatic nitrogens is 2. The van der Waals surface area contributed by atoms with Gasteiger partial charge in [0, 0.05) is 23.7 Å². The molecule has 2 atom stereocenters. The molecule has 2 fully saturated rings. The van der Waals surface area contributed by atoms with Gasteiger partial charge in [0.15, 0.2) is 5.16 Å². The molecule has 20 heavy (non-hydrogen) atoms. The summed E-state index contributed by atoms with van der Waals surface area (Å²) in [7, 11) is 0. The Hall–Kier alpha value is -1.14. The summed E-state index contributed by atoms with van der Waals surface area (Å²) >= 11 is 1.66. The van der Waals surface area contributed by atoms with Crippen molar-refractivity contribution in [2.24, 2.45) is 5.73 Å². The van der Waals surface area contributed by atoms with E-state index < -0.39 is 5.54 Å². The fourth-order valence-electron chi connectivity index (χ4n) is 2.86. The van der Waals surface area contributed by atoms with Crippen LogP contribution < -0.4 is 11.1 Å². The molecule has 0 aromatic carbocycles. The van der Waals surface area contributed by atoms with Crippen molar-refractivity contribution in [2.75, 3.05) is 0 Å². The molecular formula is C14H20N4OS. The second kappa shape index (κ2) is 5.69. The molecule has 0 aliphatic heterocycles. The topological polar surface area (TPSA) is 80.9 Å². The highest BCUT2D eigenvalue weighted by Gasteiger charge is 2.44. The van der Waals surface area contributed by atoms with E-state index in [1.165, 1.54) is 0 Å². The highest BCUT2D eigenvalue weighted by Crippen LogP contribution is 2.38. The lowest BCUT2D eigenvalue weighted by atomic mass is 9.80. The van der Waals surface area contributed by atoms with Crippen LogP contribution in [0.15, 0.2) is 23.6 Å². The van der Waals surface area contributed by atoms with Gasteiger partial charge in [0.05, 0.1) is 5.54 Å². The number of primary amides is 1. The Morgan fingerprint density at radius 3 is 2.75 bits per heavy atom. The third-order valence-corrected chi connectivity index (χ3v) is 5.21. The Kier molecular flexibility index (Phi) is 3.94. The monoisotopic (exact) mass is 292 g/mol. The lowest BCUT2D eigenvalue weighted by Gasteiger charge is -2.39. The number of nitrogens with one attached hydrogen (secondary N) is 1. The van der Waals surface area contributed by atoms with Crippen molar-refractivity contribution < 1.29 is 4.79 Å². The molecule has 1 heterocycles. The quantitative estimate of drug-likeness (QED) is 0.804. The van der Waals surface area contributed by atoms with E-state index in [1.54, 1.807) is 24.2 Å². The highest BCUT2D eigenvalue weighted by molar-refractivity contribution is 7.99. The van der Waals surface area contributed by atoms with Crippen molar-refractivity contribution >= 4 is 17.7 Å². The molecule has 2 aliphatic carbocycles. The maximum absolute atomic E-state index is 12.0. The molecular weight excluding hydrogens is 272 g/mol. The zero-order valence-corrected chi connectivity index (χ0v) is 12.2. The maximum Gasteiger partial charge on any atom is 0.237 e. The van der Waals surface area contributed by atoms with Gasteiger partial charge in [0.25, 0.3) is 0 Å². The molecule has 3 N–H and O–H groups in total. The van der Waals surface area contributed by atoms with Crippen LogP contribution in [0.1, 0.15) is 38.5 Å². The summed E-state index contributed by atoms with van der Waals surface area (Å²) in [5.74, 6) is -0.205. The van der Waals surface area contributed by atoms with Crippen LogP contribution in [0, 0.1) is 0 Å². The van der Waals surface area contributed by atoms with Gasteiger partial charge in [-0.2, -0.15) is 0 Å². The van der Waals surface area contributed by atoms with Crippen molar-refractivity contribution in [2.45, 2.75) is 60.5 Å². The van der Waals surface area contributed by atoms with Crippen LogP contribution in [0.25, 0.3) is 0 Å². The van der Waals surface area contributed by atoms with E-state index in [9.17, 15) is 4.79 Å². The number of nitrogens with two attached hydrogens (primary N) is 1. The van der Waals surface area contributed by atoms with Crippen LogP contribution in [0.5, 0.6) is 0 Å². The van der Waals surface area contributed by atoms with Crippen molar-refractivity contribution in [3.8, 4) is 0 Å². The van der Waals surface area contributed by atoms with Gasteiger partial charge >= 0.3 is 0 Å². The molecule has 0 radical (unpaired) electrons. The van der Waals surface area contributed by atoms with Gasteiger partial charge in [-0.3, -0.25) is 4.79 Å². The Labute approximate surface area is 123 Å². The van der Waals surface area contributed by atoms with Crippen LogP contribution in [0.2, 0.25) is 0 Å².